The van der Waals surface area contributed by atoms with Crippen LogP contribution in [0.4, 0.5) is 0 Å². The van der Waals surface area contributed by atoms with Crippen LogP contribution in [-0.4, -0.2) is 31.7 Å². The summed E-state index contributed by atoms with van der Waals surface area (Å²) < 4.78 is 1.91. The molecule has 16 heavy (non-hydrogen) atoms. The minimum atomic E-state index is 0.613. The molecule has 0 fully saturated rings. The van der Waals surface area contributed by atoms with Crippen LogP contribution in [0.1, 0.15) is 19.7 Å². The first-order valence-electron chi connectivity index (χ1n) is 5.44. The van der Waals surface area contributed by atoms with Crippen LogP contribution in [0.2, 0.25) is 0 Å². The van der Waals surface area contributed by atoms with E-state index in [1.165, 1.54) is 0 Å². The molecule has 1 aliphatic rings. The molecule has 0 saturated carbocycles. The molecule has 1 aromatic heterocycles. The highest BCUT2D eigenvalue weighted by Gasteiger charge is 2.22. The van der Waals surface area contributed by atoms with E-state index in [-0.39, 0.29) is 0 Å². The molecule has 1 N–H and O–H groups in total. The van der Waals surface area contributed by atoms with Gasteiger partial charge in [0.2, 0.25) is 0 Å². The second-order valence-electron chi connectivity index (χ2n) is 4.26. The predicted molar refractivity (Wildman–Crippen MR) is 66.4 cm³/mol. The molecule has 0 radical (unpaired) electrons. The molecule has 2 heterocycles. The maximum absolute atomic E-state index is 4.48. The fourth-order valence-electron chi connectivity index (χ4n) is 1.46. The monoisotopic (exact) mass is 239 g/mol. The van der Waals surface area contributed by atoms with Crippen molar-refractivity contribution in [1.29, 1.82) is 0 Å². The average molecular weight is 239 g/mol. The third-order valence-corrected chi connectivity index (χ3v) is 4.12. The van der Waals surface area contributed by atoms with Gasteiger partial charge in [0.25, 0.3) is 0 Å². The van der Waals surface area contributed by atoms with Gasteiger partial charge >= 0.3 is 0 Å². The minimum absolute atomic E-state index is 0.613. The van der Waals surface area contributed by atoms with Gasteiger partial charge in [-0.15, -0.1) is 10.2 Å². The lowest BCUT2D eigenvalue weighted by Gasteiger charge is -2.11. The third kappa shape index (κ3) is 2.55. The summed E-state index contributed by atoms with van der Waals surface area (Å²) in [5.74, 6) is 1.60. The number of rotatable bonds is 3. The van der Waals surface area contributed by atoms with E-state index in [0.717, 1.165) is 17.5 Å². The molecule has 6 heteroatoms. The second-order valence-corrected chi connectivity index (χ2v) is 5.49. The maximum Gasteiger partial charge on any atom is 0.157 e. The molecule has 1 unspecified atom stereocenters. The van der Waals surface area contributed by atoms with Gasteiger partial charge in [-0.2, -0.15) is 0 Å². The number of thioether (sulfide) groups is 1. The van der Waals surface area contributed by atoms with Gasteiger partial charge in [-0.3, -0.25) is 4.99 Å². The Balaban J connectivity index is 1.82. The van der Waals surface area contributed by atoms with Crippen LogP contribution < -0.4 is 5.32 Å². The number of aliphatic imine (C=N–C) groups is 1. The average Bonchev–Trinajstić information content (AvgIpc) is 2.83. The summed E-state index contributed by atoms with van der Waals surface area (Å²) in [7, 11) is 1.94. The Labute approximate surface area is 99.7 Å². The normalized spacial score (nSPS) is 20.2. The molecule has 0 aromatic carbocycles. The van der Waals surface area contributed by atoms with Gasteiger partial charge in [-0.1, -0.05) is 25.6 Å². The number of amidine groups is 1. The maximum atomic E-state index is 4.48. The number of nitrogens with zero attached hydrogens (tertiary/aromatic N) is 4. The highest BCUT2D eigenvalue weighted by atomic mass is 32.2. The van der Waals surface area contributed by atoms with Gasteiger partial charge in [0.15, 0.2) is 11.0 Å². The Morgan fingerprint density at radius 2 is 2.44 bits per heavy atom. The fourth-order valence-corrected chi connectivity index (χ4v) is 2.47. The summed E-state index contributed by atoms with van der Waals surface area (Å²) in [6.07, 6.45) is 1.71. The predicted octanol–water partition coefficient (Wildman–Crippen LogP) is 1.03. The summed E-state index contributed by atoms with van der Waals surface area (Å²) in [5.41, 5.74) is 0. The molecule has 2 rings (SSSR count). The van der Waals surface area contributed by atoms with Crippen molar-refractivity contribution in [2.45, 2.75) is 25.6 Å². The molecule has 0 spiro atoms. The van der Waals surface area contributed by atoms with E-state index in [9.17, 15) is 0 Å². The highest BCUT2D eigenvalue weighted by Crippen LogP contribution is 2.25. The zero-order valence-corrected chi connectivity index (χ0v) is 10.7. The van der Waals surface area contributed by atoms with Gasteiger partial charge < -0.3 is 9.88 Å². The van der Waals surface area contributed by atoms with Crippen molar-refractivity contribution < 1.29 is 0 Å². The van der Waals surface area contributed by atoms with Crippen molar-refractivity contribution in [3.8, 4) is 0 Å². The van der Waals surface area contributed by atoms with Crippen molar-refractivity contribution in [1.82, 2.24) is 20.1 Å². The lowest BCUT2D eigenvalue weighted by Crippen LogP contribution is -2.21. The van der Waals surface area contributed by atoms with Gasteiger partial charge in [0.05, 0.1) is 13.1 Å². The van der Waals surface area contributed by atoms with Crippen molar-refractivity contribution in [3.63, 3.8) is 0 Å². The Morgan fingerprint density at radius 3 is 3.00 bits per heavy atom. The van der Waals surface area contributed by atoms with Crippen molar-refractivity contribution in [3.05, 3.63) is 12.2 Å². The standard InChI is InChI=1S/C10H17N5S/c1-7(2)8-4-11-10(16-8)12-5-9-14-13-6-15(9)3/h6-8H,4-5H2,1-3H3,(H,11,12). The molecule has 1 aromatic rings. The number of aryl methyl sites for hydroxylation is 1. The van der Waals surface area contributed by atoms with Gasteiger partial charge in [-0.05, 0) is 5.92 Å². The Hall–Kier alpha value is -1.04. The number of hydrogen-bond acceptors (Lipinski definition) is 5. The number of aromatic nitrogens is 3. The summed E-state index contributed by atoms with van der Waals surface area (Å²) in [6.45, 7) is 6.08. The summed E-state index contributed by atoms with van der Waals surface area (Å²) in [6, 6.07) is 0. The second kappa shape index (κ2) is 4.86. The molecular formula is C10H17N5S. The zero-order chi connectivity index (χ0) is 11.5. The first-order valence-corrected chi connectivity index (χ1v) is 6.32. The third-order valence-electron chi connectivity index (χ3n) is 2.62. The molecular weight excluding hydrogens is 222 g/mol. The summed E-state index contributed by atoms with van der Waals surface area (Å²) in [4.78, 5) is 4.48. The molecule has 0 aliphatic carbocycles. The van der Waals surface area contributed by atoms with Crippen molar-refractivity contribution >= 4 is 16.9 Å². The topological polar surface area (TPSA) is 55.1 Å². The quantitative estimate of drug-likeness (QED) is 0.856. The zero-order valence-electron chi connectivity index (χ0n) is 9.84. The fraction of sp³-hybridized carbons (Fsp3) is 0.700. The van der Waals surface area contributed by atoms with E-state index in [4.69, 9.17) is 0 Å². The van der Waals surface area contributed by atoms with Crippen LogP contribution in [0, 0.1) is 5.92 Å². The molecule has 0 saturated heterocycles. The molecule has 5 nitrogen and oxygen atoms in total. The van der Waals surface area contributed by atoms with Crippen LogP contribution in [0.15, 0.2) is 11.3 Å². The van der Waals surface area contributed by atoms with Crippen molar-refractivity contribution in [2.24, 2.45) is 18.0 Å². The smallest absolute Gasteiger partial charge is 0.157 e. The van der Waals surface area contributed by atoms with E-state index in [1.54, 1.807) is 6.33 Å². The van der Waals surface area contributed by atoms with Crippen molar-refractivity contribution in [2.75, 3.05) is 6.54 Å². The Bertz CT molecular complexity index is 384. The Morgan fingerprint density at radius 1 is 1.62 bits per heavy atom. The van der Waals surface area contributed by atoms with Crippen LogP contribution in [0.5, 0.6) is 0 Å². The SMILES string of the molecule is CC(C)C1CN=C(NCc2nncn2C)S1. The van der Waals surface area contributed by atoms with Crippen LogP contribution in [0.25, 0.3) is 0 Å². The minimum Gasteiger partial charge on any atom is -0.358 e. The van der Waals surface area contributed by atoms with Crippen LogP contribution >= 0.6 is 11.8 Å². The van der Waals surface area contributed by atoms with Gasteiger partial charge in [0.1, 0.15) is 6.33 Å². The van der Waals surface area contributed by atoms with E-state index < -0.39 is 0 Å². The first-order chi connectivity index (χ1) is 7.66. The summed E-state index contributed by atoms with van der Waals surface area (Å²) >= 11 is 1.83. The van der Waals surface area contributed by atoms with E-state index in [0.29, 0.717) is 17.7 Å². The van der Waals surface area contributed by atoms with Crippen LogP contribution in [0.3, 0.4) is 0 Å². The molecule has 1 atom stereocenters. The molecule has 0 bridgehead atoms. The van der Waals surface area contributed by atoms with E-state index >= 15 is 0 Å². The molecule has 1 aliphatic heterocycles. The summed E-state index contributed by atoms with van der Waals surface area (Å²) in [5, 5.41) is 12.8. The largest absolute Gasteiger partial charge is 0.358 e. The van der Waals surface area contributed by atoms with Gasteiger partial charge in [-0.25, -0.2) is 0 Å². The van der Waals surface area contributed by atoms with E-state index in [1.807, 2.05) is 23.4 Å². The first kappa shape index (κ1) is 11.4. The molecule has 88 valence electrons. The lowest BCUT2D eigenvalue weighted by atomic mass is 10.1. The lowest BCUT2D eigenvalue weighted by molar-refractivity contribution is 0.621. The number of hydrogen-bond donors (Lipinski definition) is 1. The Kier molecular flexibility index (Phi) is 3.48. The highest BCUT2D eigenvalue weighted by molar-refractivity contribution is 8.14. The van der Waals surface area contributed by atoms with E-state index in [2.05, 4.69) is 34.4 Å². The van der Waals surface area contributed by atoms with Gasteiger partial charge in [0, 0.05) is 12.3 Å². The molecule has 0 amide bonds. The van der Waals surface area contributed by atoms with Crippen LogP contribution in [-0.2, 0) is 13.6 Å². The number of nitrogens with one attached hydrogen (secondary N) is 1.